The topological polar surface area (TPSA) is 44.8 Å². The van der Waals surface area contributed by atoms with Gasteiger partial charge < -0.3 is 13.6 Å². The van der Waals surface area contributed by atoms with Gasteiger partial charge in [-0.25, -0.2) is 0 Å². The maximum atomic E-state index is 17.3. The lowest BCUT2D eigenvalue weighted by molar-refractivity contribution is 0.297. The second-order valence-corrected chi connectivity index (χ2v) is 21.2. The van der Waals surface area contributed by atoms with Crippen LogP contribution in [0.4, 0.5) is 0 Å². The first-order valence-corrected chi connectivity index (χ1v) is 29.2. The summed E-state index contributed by atoms with van der Waals surface area (Å²) in [6, 6.07) is 116. The van der Waals surface area contributed by atoms with Crippen LogP contribution in [0.5, 0.6) is 17.2 Å². The Balaban J connectivity index is 1.12. The smallest absolute Gasteiger partial charge is 0.385 e. The van der Waals surface area contributed by atoms with Gasteiger partial charge in [-0.15, -0.1) is 0 Å². The molecule has 0 aliphatic heterocycles. The number of para-hydroxylation sites is 3. The lowest BCUT2D eigenvalue weighted by Crippen LogP contribution is -2.11. The third kappa shape index (κ3) is 12.0. The summed E-state index contributed by atoms with van der Waals surface area (Å²) < 4.78 is 39.0. The number of hydrogen-bond acceptors (Lipinski definition) is 4. The molecule has 0 amide bonds. The van der Waals surface area contributed by atoms with Crippen molar-refractivity contribution in [2.24, 2.45) is 0 Å². The molecule has 12 aromatic carbocycles. The van der Waals surface area contributed by atoms with Crippen LogP contribution in [-0.2, 0) is 4.57 Å². The van der Waals surface area contributed by atoms with Crippen molar-refractivity contribution in [3.8, 4) is 17.2 Å². The van der Waals surface area contributed by atoms with E-state index in [-0.39, 0.29) is 17.2 Å². The van der Waals surface area contributed by atoms with Crippen molar-refractivity contribution in [3.05, 3.63) is 413 Å². The van der Waals surface area contributed by atoms with Crippen LogP contribution >= 0.6 is 7.82 Å². The van der Waals surface area contributed by atoms with E-state index >= 15 is 4.57 Å². The maximum Gasteiger partial charge on any atom is 0.647 e. The van der Waals surface area contributed by atoms with E-state index < -0.39 is 7.82 Å². The first kappa shape index (κ1) is 53.1. The van der Waals surface area contributed by atoms with Gasteiger partial charge in [-0.3, -0.25) is 0 Å². The summed E-state index contributed by atoms with van der Waals surface area (Å²) >= 11 is 0. The summed E-state index contributed by atoms with van der Waals surface area (Å²) in [6.45, 7) is 0. The van der Waals surface area contributed by atoms with E-state index in [1.54, 1.807) is 0 Å². The van der Waals surface area contributed by atoms with Crippen molar-refractivity contribution in [1.82, 2.24) is 0 Å². The predicted octanol–water partition coefficient (Wildman–Crippen LogP) is 20.4. The number of hydrogen-bond donors (Lipinski definition) is 0. The van der Waals surface area contributed by atoms with Crippen LogP contribution in [0.2, 0.25) is 0 Å². The van der Waals surface area contributed by atoms with Gasteiger partial charge in [-0.2, -0.15) is 4.57 Å². The molecule has 0 saturated heterocycles. The molecule has 12 rings (SSSR count). The molecule has 0 aliphatic carbocycles. The van der Waals surface area contributed by atoms with E-state index in [2.05, 4.69) is 109 Å². The molecule has 0 atom stereocenters. The van der Waals surface area contributed by atoms with Crippen molar-refractivity contribution in [1.29, 1.82) is 0 Å². The van der Waals surface area contributed by atoms with Crippen molar-refractivity contribution in [2.75, 3.05) is 0 Å². The predicted molar refractivity (Wildman–Crippen MR) is 342 cm³/mol. The monoisotopic (exact) mass is 1090 g/mol. The standard InChI is InChI=1S/C78H57O4P/c79-83(80-70-55-31-28-52-67(70)76(64-46-22-7-23-47-64)73(58-34-10-1-11-35-58)59-36-12-2-13-37-59,81-71-56-32-29-53-68(71)77(65-48-24-8-25-49-65)74(60-38-14-3-15-39-60)61-40-16-4-17-41-61)82-72-57-33-30-54-69(72)78(66-50-26-9-27-51-66)75(62-42-18-5-19-43-62)63-44-20-6-21-45-63/h1-57H. The maximum absolute atomic E-state index is 17.3. The van der Waals surface area contributed by atoms with Gasteiger partial charge in [-0.1, -0.05) is 328 Å². The Morgan fingerprint density at radius 3 is 0.506 bits per heavy atom. The Morgan fingerprint density at radius 1 is 0.181 bits per heavy atom. The molecular weight excluding hydrogens is 1030 g/mol. The van der Waals surface area contributed by atoms with Gasteiger partial charge in [-0.05, 0) is 85.0 Å². The van der Waals surface area contributed by atoms with Gasteiger partial charge in [0.15, 0.2) is 0 Å². The van der Waals surface area contributed by atoms with Crippen LogP contribution in [-0.4, -0.2) is 0 Å². The van der Waals surface area contributed by atoms with Crippen LogP contribution in [0.3, 0.4) is 0 Å². The van der Waals surface area contributed by atoms with E-state index in [0.29, 0.717) is 16.7 Å². The fourth-order valence-corrected chi connectivity index (χ4v) is 12.1. The third-order valence-corrected chi connectivity index (χ3v) is 15.7. The number of benzene rings is 12. The Morgan fingerprint density at radius 2 is 0.325 bits per heavy atom. The first-order chi connectivity index (χ1) is 41.1. The summed E-state index contributed by atoms with van der Waals surface area (Å²) in [5, 5.41) is 0. The highest BCUT2D eigenvalue weighted by molar-refractivity contribution is 7.49. The van der Waals surface area contributed by atoms with Crippen molar-refractivity contribution >= 4 is 41.3 Å². The molecule has 0 aliphatic rings. The minimum absolute atomic E-state index is 0.287. The van der Waals surface area contributed by atoms with Crippen LogP contribution in [0, 0.1) is 0 Å². The third-order valence-electron chi connectivity index (χ3n) is 14.4. The summed E-state index contributed by atoms with van der Waals surface area (Å²) in [4.78, 5) is 0. The van der Waals surface area contributed by atoms with Crippen molar-refractivity contribution < 1.29 is 18.1 Å². The Labute approximate surface area is 486 Å². The molecule has 0 spiro atoms. The largest absolute Gasteiger partial charge is 0.647 e. The van der Waals surface area contributed by atoms with Crippen molar-refractivity contribution in [3.63, 3.8) is 0 Å². The highest BCUT2D eigenvalue weighted by atomic mass is 31.2. The van der Waals surface area contributed by atoms with Gasteiger partial charge in [0.05, 0.1) is 0 Å². The first-order valence-electron chi connectivity index (χ1n) is 27.8. The van der Waals surface area contributed by atoms with Gasteiger partial charge in [0.25, 0.3) is 0 Å². The SMILES string of the molecule is O=P(Oc1ccccc1C(=C(c1ccccc1)c1ccccc1)c1ccccc1)(Oc1ccccc1C(=C(c1ccccc1)c1ccccc1)c1ccccc1)Oc1ccccc1C(=C(c1ccccc1)c1ccccc1)c1ccccc1. The van der Waals surface area contributed by atoms with Crippen LogP contribution in [0.25, 0.3) is 33.4 Å². The highest BCUT2D eigenvalue weighted by Crippen LogP contribution is 2.56. The molecule has 0 heterocycles. The average Bonchev–Trinajstić information content (AvgIpc) is 3.72. The molecule has 5 heteroatoms. The van der Waals surface area contributed by atoms with Gasteiger partial charge >= 0.3 is 7.82 Å². The fourth-order valence-electron chi connectivity index (χ4n) is 10.8. The molecule has 0 fully saturated rings. The normalized spacial score (nSPS) is 10.9. The number of phosphoric ester groups is 1. The fraction of sp³-hybridized carbons (Fsp3) is 0. The molecule has 12 aromatic rings. The second-order valence-electron chi connectivity index (χ2n) is 19.8. The quantitative estimate of drug-likeness (QED) is 0.0634. The van der Waals surface area contributed by atoms with Crippen molar-refractivity contribution in [2.45, 2.75) is 0 Å². The summed E-state index contributed by atoms with van der Waals surface area (Å²) in [5.74, 6) is 0.862. The molecule has 0 bridgehead atoms. The van der Waals surface area contributed by atoms with Crippen LogP contribution in [0.15, 0.2) is 346 Å². The van der Waals surface area contributed by atoms with E-state index in [0.717, 1.165) is 83.5 Å². The van der Waals surface area contributed by atoms with Gasteiger partial charge in [0.1, 0.15) is 17.2 Å². The molecule has 398 valence electrons. The summed E-state index contributed by atoms with van der Waals surface area (Å²) in [7, 11) is -4.95. The molecule has 0 radical (unpaired) electrons. The molecule has 0 aromatic heterocycles. The second kappa shape index (κ2) is 25.3. The lowest BCUT2D eigenvalue weighted by atomic mass is 9.85. The van der Waals surface area contributed by atoms with E-state index in [1.165, 1.54) is 0 Å². The van der Waals surface area contributed by atoms with E-state index in [1.807, 2.05) is 237 Å². The zero-order valence-electron chi connectivity index (χ0n) is 45.5. The minimum Gasteiger partial charge on any atom is -0.385 e. The Kier molecular flexibility index (Phi) is 16.2. The van der Waals surface area contributed by atoms with Gasteiger partial charge in [0, 0.05) is 33.4 Å². The minimum atomic E-state index is -4.95. The number of phosphoric acid groups is 1. The van der Waals surface area contributed by atoms with E-state index in [9.17, 15) is 0 Å². The Bertz CT molecular complexity index is 3680. The Hall–Kier alpha value is -10.5. The summed E-state index contributed by atoms with van der Waals surface area (Å²) in [6.07, 6.45) is 0. The van der Waals surface area contributed by atoms with Crippen LogP contribution < -0.4 is 13.6 Å². The van der Waals surface area contributed by atoms with Crippen LogP contribution in [0.1, 0.15) is 66.8 Å². The molecule has 0 unspecified atom stereocenters. The average molecular weight is 1090 g/mol. The lowest BCUT2D eigenvalue weighted by Gasteiger charge is -2.26. The van der Waals surface area contributed by atoms with Gasteiger partial charge in [0.2, 0.25) is 0 Å². The molecular formula is C78H57O4P. The molecule has 4 nitrogen and oxygen atoms in total. The highest BCUT2D eigenvalue weighted by Gasteiger charge is 2.38. The zero-order valence-corrected chi connectivity index (χ0v) is 46.4. The summed E-state index contributed by atoms with van der Waals surface area (Å²) in [5.41, 5.74) is 16.2. The zero-order chi connectivity index (χ0) is 56.1. The molecule has 83 heavy (non-hydrogen) atoms. The molecule has 0 N–H and O–H groups in total. The number of rotatable bonds is 18. The van der Waals surface area contributed by atoms with E-state index in [4.69, 9.17) is 13.6 Å². The molecule has 0 saturated carbocycles.